The largest absolute Gasteiger partial charge is 0.339 e. The van der Waals surface area contributed by atoms with Crippen molar-refractivity contribution in [3.05, 3.63) is 30.3 Å². The average molecular weight is 477 g/mol. The molecule has 0 aromatic heterocycles. The fourth-order valence-electron chi connectivity index (χ4n) is 6.02. The van der Waals surface area contributed by atoms with Gasteiger partial charge in [-0.25, -0.2) is 0 Å². The van der Waals surface area contributed by atoms with Crippen LogP contribution in [-0.4, -0.2) is 58.9 Å². The number of para-hydroxylation sites is 1. The summed E-state index contributed by atoms with van der Waals surface area (Å²) in [5.41, 5.74) is 0.845. The molecule has 1 saturated carbocycles. The molecule has 166 valence electrons. The smallest absolute Gasteiger partial charge is 0.250 e. The molecule has 2 saturated heterocycles. The van der Waals surface area contributed by atoms with Gasteiger partial charge in [0.2, 0.25) is 5.91 Å². The molecular weight excluding hydrogens is 438 g/mol. The number of nitrogens with zero attached hydrogens (tertiary/aromatic N) is 3. The Balaban J connectivity index is 1.46. The van der Waals surface area contributed by atoms with Crippen LogP contribution in [0.25, 0.3) is 0 Å². The van der Waals surface area contributed by atoms with Crippen LogP contribution in [0.1, 0.15) is 58.8 Å². The van der Waals surface area contributed by atoms with Crippen LogP contribution < -0.4 is 4.90 Å². The molecule has 0 unspecified atom stereocenters. The van der Waals surface area contributed by atoms with Gasteiger partial charge < -0.3 is 14.7 Å². The van der Waals surface area contributed by atoms with Crippen molar-refractivity contribution >= 4 is 27.5 Å². The van der Waals surface area contributed by atoms with Crippen LogP contribution in [0.4, 0.5) is 5.69 Å². The lowest BCUT2D eigenvalue weighted by Gasteiger charge is -2.47. The molecule has 1 spiro atoms. The van der Waals surface area contributed by atoms with Crippen molar-refractivity contribution in [2.24, 2.45) is 11.8 Å². The van der Waals surface area contributed by atoms with Gasteiger partial charge in [0.15, 0.2) is 0 Å². The molecule has 1 aromatic rings. The highest BCUT2D eigenvalue weighted by Crippen LogP contribution is 2.41. The number of anilines is 1. The third-order valence-corrected chi connectivity index (χ3v) is 8.53. The third-order valence-electron chi connectivity index (χ3n) is 7.97. The molecule has 0 bridgehead atoms. The van der Waals surface area contributed by atoms with Crippen molar-refractivity contribution in [2.45, 2.75) is 70.4 Å². The van der Waals surface area contributed by atoms with Crippen molar-refractivity contribution < 1.29 is 4.79 Å². The fraction of sp³-hybridized carbons (Fsp3) is 0.720. The molecule has 2 heterocycles. The summed E-state index contributed by atoms with van der Waals surface area (Å²) in [6.45, 7) is 8.44. The number of piperidine rings is 1. The van der Waals surface area contributed by atoms with E-state index >= 15 is 0 Å². The van der Waals surface area contributed by atoms with E-state index in [0.717, 1.165) is 68.8 Å². The summed E-state index contributed by atoms with van der Waals surface area (Å²) in [4.78, 5) is 20.8. The first-order valence-electron chi connectivity index (χ1n) is 12.0. The van der Waals surface area contributed by atoms with Crippen LogP contribution >= 0.6 is 15.9 Å². The molecule has 1 aromatic carbocycles. The summed E-state index contributed by atoms with van der Waals surface area (Å²) in [5.74, 6) is 2.08. The summed E-state index contributed by atoms with van der Waals surface area (Å²) in [7, 11) is 0. The quantitative estimate of drug-likeness (QED) is 0.533. The number of amides is 1. The van der Waals surface area contributed by atoms with Crippen LogP contribution in [0.2, 0.25) is 0 Å². The monoisotopic (exact) mass is 475 g/mol. The van der Waals surface area contributed by atoms with E-state index in [2.05, 4.69) is 74.8 Å². The van der Waals surface area contributed by atoms with E-state index in [1.54, 1.807) is 0 Å². The number of hydrogen-bond acceptors (Lipinski definition) is 3. The highest BCUT2D eigenvalue weighted by Gasteiger charge is 2.53. The van der Waals surface area contributed by atoms with E-state index in [0.29, 0.717) is 5.91 Å². The lowest BCUT2D eigenvalue weighted by molar-refractivity contribution is -0.133. The van der Waals surface area contributed by atoms with Crippen molar-refractivity contribution in [1.82, 2.24) is 9.80 Å². The van der Waals surface area contributed by atoms with Gasteiger partial charge in [-0.3, -0.25) is 4.79 Å². The predicted octanol–water partition coefficient (Wildman–Crippen LogP) is 5.13. The predicted molar refractivity (Wildman–Crippen MR) is 128 cm³/mol. The molecule has 0 radical (unpaired) electrons. The van der Waals surface area contributed by atoms with Crippen molar-refractivity contribution in [3.8, 4) is 0 Å². The van der Waals surface area contributed by atoms with E-state index in [9.17, 15) is 4.79 Å². The van der Waals surface area contributed by atoms with Gasteiger partial charge in [-0.2, -0.15) is 0 Å². The SMILES string of the molecule is CC(C)C1CCC(N2CCC3(CC2)C(=O)N(CCCBr)CN3c2ccccc2)CC1. The van der Waals surface area contributed by atoms with Gasteiger partial charge in [0.1, 0.15) is 5.54 Å². The number of carbonyl (C=O) groups excluding carboxylic acids is 1. The number of benzene rings is 1. The number of rotatable bonds is 6. The van der Waals surface area contributed by atoms with Crippen molar-refractivity contribution in [3.63, 3.8) is 0 Å². The summed E-state index contributed by atoms with van der Waals surface area (Å²) in [6.07, 6.45) is 8.34. The first kappa shape index (κ1) is 22.1. The Kier molecular flexibility index (Phi) is 7.08. The van der Waals surface area contributed by atoms with E-state index < -0.39 is 0 Å². The second kappa shape index (κ2) is 9.60. The number of carbonyl (C=O) groups is 1. The molecule has 3 fully saturated rings. The standard InChI is InChI=1S/C25H38BrN3O/c1-20(2)21-9-11-22(12-10-21)27-17-13-25(14-18-27)24(30)28(16-6-15-26)19-29(25)23-7-4-3-5-8-23/h3-5,7-8,20-22H,6,9-19H2,1-2H3. The summed E-state index contributed by atoms with van der Waals surface area (Å²) >= 11 is 3.53. The third kappa shape index (κ3) is 4.29. The topological polar surface area (TPSA) is 26.8 Å². The van der Waals surface area contributed by atoms with E-state index in [1.165, 1.54) is 31.4 Å². The van der Waals surface area contributed by atoms with Gasteiger partial charge in [0, 0.05) is 36.7 Å². The number of likely N-dealkylation sites (tertiary alicyclic amines) is 1. The van der Waals surface area contributed by atoms with Crippen LogP contribution in [0.3, 0.4) is 0 Å². The van der Waals surface area contributed by atoms with Crippen LogP contribution in [-0.2, 0) is 4.79 Å². The number of hydrogen-bond donors (Lipinski definition) is 0. The lowest BCUT2D eigenvalue weighted by Crippen LogP contribution is -2.58. The van der Waals surface area contributed by atoms with E-state index in [1.807, 2.05) is 0 Å². The van der Waals surface area contributed by atoms with Gasteiger partial charge in [-0.15, -0.1) is 0 Å². The summed E-state index contributed by atoms with van der Waals surface area (Å²) in [5, 5.41) is 0.946. The average Bonchev–Trinajstić information content (AvgIpc) is 3.05. The van der Waals surface area contributed by atoms with Crippen LogP contribution in [0, 0.1) is 11.8 Å². The molecule has 5 heteroatoms. The minimum absolute atomic E-state index is 0.348. The minimum atomic E-state index is -0.348. The molecular formula is C25H38BrN3O. The van der Waals surface area contributed by atoms with Gasteiger partial charge in [-0.1, -0.05) is 48.0 Å². The summed E-state index contributed by atoms with van der Waals surface area (Å²) in [6, 6.07) is 11.3. The molecule has 1 aliphatic carbocycles. The maximum absolute atomic E-state index is 13.6. The molecule has 4 rings (SSSR count). The highest BCUT2D eigenvalue weighted by atomic mass is 79.9. The zero-order chi connectivity index (χ0) is 21.1. The van der Waals surface area contributed by atoms with Gasteiger partial charge in [0.05, 0.1) is 6.67 Å². The van der Waals surface area contributed by atoms with Gasteiger partial charge in [-0.05, 0) is 68.9 Å². The van der Waals surface area contributed by atoms with E-state index in [-0.39, 0.29) is 5.54 Å². The maximum atomic E-state index is 13.6. The second-order valence-electron chi connectivity index (χ2n) is 9.90. The Morgan fingerprint density at radius 1 is 1.07 bits per heavy atom. The molecule has 0 N–H and O–H groups in total. The lowest BCUT2D eigenvalue weighted by atomic mass is 9.78. The molecule has 0 atom stereocenters. The first-order valence-corrected chi connectivity index (χ1v) is 13.1. The van der Waals surface area contributed by atoms with Gasteiger partial charge in [0.25, 0.3) is 0 Å². The Morgan fingerprint density at radius 2 is 1.73 bits per heavy atom. The summed E-state index contributed by atoms with van der Waals surface area (Å²) < 4.78 is 0. The van der Waals surface area contributed by atoms with E-state index in [4.69, 9.17) is 0 Å². The molecule has 30 heavy (non-hydrogen) atoms. The normalized spacial score (nSPS) is 27.4. The Hall–Kier alpha value is -1.07. The van der Waals surface area contributed by atoms with Crippen LogP contribution in [0.5, 0.6) is 0 Å². The Labute approximate surface area is 191 Å². The van der Waals surface area contributed by atoms with Crippen molar-refractivity contribution in [2.75, 3.05) is 36.5 Å². The molecule has 2 aliphatic heterocycles. The number of halogens is 1. The molecule has 3 aliphatic rings. The van der Waals surface area contributed by atoms with Gasteiger partial charge >= 0.3 is 0 Å². The molecule has 1 amide bonds. The molecule has 4 nitrogen and oxygen atoms in total. The number of alkyl halides is 1. The zero-order valence-corrected chi connectivity index (χ0v) is 20.3. The highest BCUT2D eigenvalue weighted by molar-refractivity contribution is 9.09. The van der Waals surface area contributed by atoms with Crippen molar-refractivity contribution in [1.29, 1.82) is 0 Å². The zero-order valence-electron chi connectivity index (χ0n) is 18.7. The maximum Gasteiger partial charge on any atom is 0.250 e. The minimum Gasteiger partial charge on any atom is -0.339 e. The second-order valence-corrected chi connectivity index (χ2v) is 10.7. The Bertz CT molecular complexity index is 694. The van der Waals surface area contributed by atoms with Crippen LogP contribution in [0.15, 0.2) is 30.3 Å². The fourth-order valence-corrected chi connectivity index (χ4v) is 6.27. The first-order chi connectivity index (χ1) is 14.5. The Morgan fingerprint density at radius 3 is 2.33 bits per heavy atom.